The molecule has 0 bridgehead atoms. The molecule has 3 aromatic rings. The molecular formula is C18H17ClN4O3. The number of benzene rings is 1. The van der Waals surface area contributed by atoms with Gasteiger partial charge in [-0.1, -0.05) is 6.07 Å². The molecule has 1 amide bonds. The van der Waals surface area contributed by atoms with Gasteiger partial charge in [0.15, 0.2) is 0 Å². The van der Waals surface area contributed by atoms with Crippen molar-refractivity contribution in [2.45, 2.75) is 12.3 Å². The first-order valence-electron chi connectivity index (χ1n) is 7.97. The minimum Gasteiger partial charge on any atom is -0.481 e. The van der Waals surface area contributed by atoms with Crippen LogP contribution >= 0.6 is 11.6 Å². The van der Waals surface area contributed by atoms with Crippen LogP contribution < -0.4 is 4.90 Å². The lowest BCUT2D eigenvalue weighted by Crippen LogP contribution is -2.33. The molecule has 0 atom stereocenters. The lowest BCUT2D eigenvalue weighted by molar-refractivity contribution is -0.136. The Kier molecular flexibility index (Phi) is 5.18. The van der Waals surface area contributed by atoms with Crippen molar-refractivity contribution in [3.8, 4) is 0 Å². The zero-order valence-corrected chi connectivity index (χ0v) is 14.8. The highest BCUT2D eigenvalue weighted by Gasteiger charge is 2.20. The number of carbonyl (C=O) groups is 2. The number of aromatic nitrogens is 3. The second-order valence-corrected chi connectivity index (χ2v) is 5.98. The molecular weight excluding hydrogens is 356 g/mol. The smallest absolute Gasteiger partial charge is 0.305 e. The standard InChI is InChI=1S/C18H17ClN4O3/c1-22-14-6-5-12(10-13(14)21-16(22)11-19)18(26)23(9-7-17(24)25)15-4-2-3-8-20-15/h2-6,8,10H,7,9,11H2,1H3,(H,24,25). The number of carboxylic acid groups (broad SMARTS) is 1. The van der Waals surface area contributed by atoms with Crippen LogP contribution in [0.15, 0.2) is 42.6 Å². The van der Waals surface area contributed by atoms with Crippen molar-refractivity contribution in [2.24, 2.45) is 7.05 Å². The van der Waals surface area contributed by atoms with Crippen LogP contribution in [0, 0.1) is 0 Å². The normalized spacial score (nSPS) is 10.8. The number of alkyl halides is 1. The number of aliphatic carboxylic acids is 1. The van der Waals surface area contributed by atoms with Gasteiger partial charge in [-0.2, -0.15) is 0 Å². The Bertz CT molecular complexity index is 956. The number of halogens is 1. The van der Waals surface area contributed by atoms with Crippen LogP contribution in [0.5, 0.6) is 0 Å². The first kappa shape index (κ1) is 17.9. The van der Waals surface area contributed by atoms with Gasteiger partial charge < -0.3 is 9.67 Å². The average molecular weight is 373 g/mol. The number of hydrogen-bond donors (Lipinski definition) is 1. The molecule has 134 valence electrons. The quantitative estimate of drug-likeness (QED) is 0.672. The maximum absolute atomic E-state index is 13.0. The number of pyridine rings is 1. The molecule has 2 aromatic heterocycles. The van der Waals surface area contributed by atoms with Gasteiger partial charge >= 0.3 is 5.97 Å². The number of rotatable bonds is 6. The summed E-state index contributed by atoms with van der Waals surface area (Å²) in [5, 5.41) is 8.98. The molecule has 26 heavy (non-hydrogen) atoms. The van der Waals surface area contributed by atoms with E-state index >= 15 is 0 Å². The molecule has 0 aliphatic heterocycles. The van der Waals surface area contributed by atoms with Gasteiger partial charge in [0, 0.05) is 25.4 Å². The Hall–Kier alpha value is -2.93. The number of carboxylic acids is 1. The Morgan fingerprint density at radius 1 is 1.27 bits per heavy atom. The Balaban J connectivity index is 1.97. The second kappa shape index (κ2) is 7.53. The molecule has 0 aliphatic rings. The van der Waals surface area contributed by atoms with Crippen molar-refractivity contribution in [2.75, 3.05) is 11.4 Å². The summed E-state index contributed by atoms with van der Waals surface area (Å²) in [6.07, 6.45) is 1.38. The van der Waals surface area contributed by atoms with Gasteiger partial charge in [-0.05, 0) is 30.3 Å². The molecule has 1 aromatic carbocycles. The van der Waals surface area contributed by atoms with Gasteiger partial charge in [0.1, 0.15) is 11.6 Å². The van der Waals surface area contributed by atoms with Crippen molar-refractivity contribution in [1.82, 2.24) is 14.5 Å². The van der Waals surface area contributed by atoms with Crippen LogP contribution in [-0.4, -0.2) is 38.1 Å². The molecule has 7 nitrogen and oxygen atoms in total. The van der Waals surface area contributed by atoms with E-state index in [1.165, 1.54) is 4.90 Å². The van der Waals surface area contributed by atoms with Crippen LogP contribution in [0.4, 0.5) is 5.82 Å². The number of anilines is 1. The van der Waals surface area contributed by atoms with Crippen molar-refractivity contribution in [3.63, 3.8) is 0 Å². The summed E-state index contributed by atoms with van der Waals surface area (Å²) in [6, 6.07) is 10.3. The number of imidazole rings is 1. The maximum Gasteiger partial charge on any atom is 0.305 e. The minimum atomic E-state index is -0.981. The Morgan fingerprint density at radius 2 is 2.08 bits per heavy atom. The highest BCUT2D eigenvalue weighted by molar-refractivity contribution is 6.17. The maximum atomic E-state index is 13.0. The first-order valence-corrected chi connectivity index (χ1v) is 8.50. The van der Waals surface area contributed by atoms with E-state index in [2.05, 4.69) is 9.97 Å². The molecule has 0 saturated heterocycles. The summed E-state index contributed by atoms with van der Waals surface area (Å²) in [4.78, 5) is 33.9. The van der Waals surface area contributed by atoms with Gasteiger partial charge in [-0.25, -0.2) is 9.97 Å². The van der Waals surface area contributed by atoms with E-state index in [1.54, 1.807) is 42.6 Å². The fraction of sp³-hybridized carbons (Fsp3) is 0.222. The van der Waals surface area contributed by atoms with E-state index in [-0.39, 0.29) is 24.8 Å². The largest absolute Gasteiger partial charge is 0.481 e. The van der Waals surface area contributed by atoms with Crippen LogP contribution in [0.1, 0.15) is 22.6 Å². The summed E-state index contributed by atoms with van der Waals surface area (Å²) in [7, 11) is 1.86. The SMILES string of the molecule is Cn1c(CCl)nc2cc(C(=O)N(CCC(=O)O)c3ccccn3)ccc21. The van der Waals surface area contributed by atoms with Gasteiger partial charge in [0.05, 0.1) is 23.3 Å². The van der Waals surface area contributed by atoms with Gasteiger partial charge in [-0.15, -0.1) is 11.6 Å². The van der Waals surface area contributed by atoms with Crippen LogP contribution in [-0.2, 0) is 17.7 Å². The van der Waals surface area contributed by atoms with E-state index in [0.29, 0.717) is 22.7 Å². The third kappa shape index (κ3) is 3.52. The van der Waals surface area contributed by atoms with Gasteiger partial charge in [-0.3, -0.25) is 14.5 Å². The third-order valence-corrected chi connectivity index (χ3v) is 4.30. The molecule has 8 heteroatoms. The number of fused-ring (bicyclic) bond motifs is 1. The fourth-order valence-electron chi connectivity index (χ4n) is 2.70. The van der Waals surface area contributed by atoms with Crippen LogP contribution in [0.2, 0.25) is 0 Å². The molecule has 3 rings (SSSR count). The monoisotopic (exact) mass is 372 g/mol. The number of aryl methyl sites for hydroxylation is 1. The average Bonchev–Trinajstić information content (AvgIpc) is 2.97. The predicted octanol–water partition coefficient (Wildman–Crippen LogP) is 2.83. The van der Waals surface area contributed by atoms with Crippen molar-refractivity contribution in [3.05, 3.63) is 54.0 Å². The Labute approximate surface area is 154 Å². The molecule has 0 saturated carbocycles. The number of nitrogens with zero attached hydrogens (tertiary/aromatic N) is 4. The van der Waals surface area contributed by atoms with Gasteiger partial charge in [0.25, 0.3) is 5.91 Å². The molecule has 0 aliphatic carbocycles. The molecule has 0 spiro atoms. The van der Waals surface area contributed by atoms with Gasteiger partial charge in [0.2, 0.25) is 0 Å². The molecule has 2 heterocycles. The molecule has 0 fully saturated rings. The molecule has 0 radical (unpaired) electrons. The summed E-state index contributed by atoms with van der Waals surface area (Å²) in [6.45, 7) is 0.0262. The minimum absolute atomic E-state index is 0.0262. The van der Waals surface area contributed by atoms with E-state index in [1.807, 2.05) is 11.6 Å². The molecule has 0 unspecified atom stereocenters. The zero-order valence-electron chi connectivity index (χ0n) is 14.1. The fourth-order valence-corrected chi connectivity index (χ4v) is 2.94. The van der Waals surface area contributed by atoms with Crippen molar-refractivity contribution in [1.29, 1.82) is 0 Å². The Morgan fingerprint density at radius 3 is 2.73 bits per heavy atom. The van der Waals surface area contributed by atoms with Crippen LogP contribution in [0.25, 0.3) is 11.0 Å². The number of hydrogen-bond acceptors (Lipinski definition) is 4. The summed E-state index contributed by atoms with van der Waals surface area (Å²) < 4.78 is 1.87. The third-order valence-electron chi connectivity index (χ3n) is 4.06. The summed E-state index contributed by atoms with van der Waals surface area (Å²) in [5.41, 5.74) is 1.94. The number of carbonyl (C=O) groups excluding carboxylic acids is 1. The van der Waals surface area contributed by atoms with E-state index in [0.717, 1.165) is 5.52 Å². The summed E-state index contributed by atoms with van der Waals surface area (Å²) in [5.74, 6) is 0.0725. The zero-order chi connectivity index (χ0) is 18.7. The van der Waals surface area contributed by atoms with Crippen molar-refractivity contribution < 1.29 is 14.7 Å². The lowest BCUT2D eigenvalue weighted by atomic mass is 10.1. The lowest BCUT2D eigenvalue weighted by Gasteiger charge is -2.21. The molecule has 1 N–H and O–H groups in total. The second-order valence-electron chi connectivity index (χ2n) is 5.71. The van der Waals surface area contributed by atoms with Crippen molar-refractivity contribution >= 4 is 40.3 Å². The highest BCUT2D eigenvalue weighted by Crippen LogP contribution is 2.21. The summed E-state index contributed by atoms with van der Waals surface area (Å²) >= 11 is 5.89. The predicted molar refractivity (Wildman–Crippen MR) is 98.4 cm³/mol. The van der Waals surface area contributed by atoms with E-state index < -0.39 is 5.97 Å². The van der Waals surface area contributed by atoms with E-state index in [4.69, 9.17) is 16.7 Å². The highest BCUT2D eigenvalue weighted by atomic mass is 35.5. The number of amides is 1. The topological polar surface area (TPSA) is 88.3 Å². The first-order chi connectivity index (χ1) is 12.5. The van der Waals surface area contributed by atoms with E-state index in [9.17, 15) is 9.59 Å². The van der Waals surface area contributed by atoms with Crippen LogP contribution in [0.3, 0.4) is 0 Å².